The molecule has 0 heterocycles. The van der Waals surface area contributed by atoms with Crippen molar-refractivity contribution in [2.75, 3.05) is 18.0 Å². The molecule has 0 atom stereocenters. The van der Waals surface area contributed by atoms with E-state index in [2.05, 4.69) is 11.4 Å². The van der Waals surface area contributed by atoms with Crippen molar-refractivity contribution in [3.8, 4) is 0 Å². The Hall–Kier alpha value is -1.16. The zero-order chi connectivity index (χ0) is 12.0. The summed E-state index contributed by atoms with van der Waals surface area (Å²) >= 11 is 1.68. The van der Waals surface area contributed by atoms with Crippen LogP contribution in [0.5, 0.6) is 0 Å². The lowest BCUT2D eigenvalue weighted by Gasteiger charge is -2.05. The summed E-state index contributed by atoms with van der Waals surface area (Å²) in [5, 5.41) is 2.78. The molecule has 1 rings (SSSR count). The van der Waals surface area contributed by atoms with Crippen LogP contribution in [0, 0.1) is 6.92 Å². The fourth-order valence-electron chi connectivity index (χ4n) is 1.29. The number of benzene rings is 1. The van der Waals surface area contributed by atoms with Gasteiger partial charge in [-0.05, 0) is 37.6 Å². The van der Waals surface area contributed by atoms with Crippen LogP contribution in [0.3, 0.4) is 0 Å². The number of rotatable bonds is 5. The van der Waals surface area contributed by atoms with Gasteiger partial charge in [0.15, 0.2) is 0 Å². The van der Waals surface area contributed by atoms with E-state index in [0.29, 0.717) is 13.0 Å². The number of hydrogen-bond acceptors (Lipinski definition) is 3. The van der Waals surface area contributed by atoms with Crippen molar-refractivity contribution in [2.24, 2.45) is 0 Å². The van der Waals surface area contributed by atoms with Gasteiger partial charge in [-0.2, -0.15) is 0 Å². The molecule has 0 aromatic heterocycles. The molecule has 0 saturated carbocycles. The van der Waals surface area contributed by atoms with Gasteiger partial charge in [0.05, 0.1) is 0 Å². The van der Waals surface area contributed by atoms with Crippen LogP contribution in [-0.2, 0) is 4.79 Å². The van der Waals surface area contributed by atoms with E-state index in [4.69, 9.17) is 5.73 Å². The molecule has 0 aliphatic carbocycles. The maximum Gasteiger partial charge on any atom is 0.220 e. The molecule has 0 bridgehead atoms. The van der Waals surface area contributed by atoms with Crippen LogP contribution in [0.4, 0.5) is 5.69 Å². The van der Waals surface area contributed by atoms with Gasteiger partial charge in [-0.3, -0.25) is 4.79 Å². The minimum atomic E-state index is 0.113. The van der Waals surface area contributed by atoms with Gasteiger partial charge in [0.2, 0.25) is 5.91 Å². The summed E-state index contributed by atoms with van der Waals surface area (Å²) in [6.45, 7) is 4.61. The number of nitrogens with one attached hydrogen (secondary N) is 1. The number of carbonyl (C=O) groups excluding carboxylic acids is 1. The molecule has 16 heavy (non-hydrogen) atoms. The highest BCUT2D eigenvalue weighted by molar-refractivity contribution is 7.99. The quantitative estimate of drug-likeness (QED) is 0.611. The van der Waals surface area contributed by atoms with Gasteiger partial charge >= 0.3 is 0 Å². The van der Waals surface area contributed by atoms with E-state index in [9.17, 15) is 4.79 Å². The Morgan fingerprint density at radius 2 is 2.25 bits per heavy atom. The Balaban J connectivity index is 2.37. The lowest BCUT2D eigenvalue weighted by atomic mass is 10.2. The van der Waals surface area contributed by atoms with Gasteiger partial charge in [-0.1, -0.05) is 0 Å². The third-order valence-electron chi connectivity index (χ3n) is 2.21. The molecule has 1 aromatic rings. The second-order valence-corrected chi connectivity index (χ2v) is 4.74. The molecule has 3 nitrogen and oxygen atoms in total. The second-order valence-electron chi connectivity index (χ2n) is 3.57. The molecular formula is C12H18N2OS. The highest BCUT2D eigenvalue weighted by Gasteiger charge is 2.01. The fraction of sp³-hybridized carbons (Fsp3) is 0.417. The summed E-state index contributed by atoms with van der Waals surface area (Å²) in [6.07, 6.45) is 0.557. The van der Waals surface area contributed by atoms with E-state index >= 15 is 0 Å². The van der Waals surface area contributed by atoms with E-state index in [0.717, 1.165) is 21.9 Å². The largest absolute Gasteiger partial charge is 0.399 e. The molecule has 0 unspecified atom stereocenters. The maximum absolute atomic E-state index is 11.2. The highest BCUT2D eigenvalue weighted by Crippen LogP contribution is 2.22. The summed E-state index contributed by atoms with van der Waals surface area (Å²) in [5.74, 6) is 0.914. The number of thioether (sulfide) groups is 1. The van der Waals surface area contributed by atoms with E-state index in [1.165, 1.54) is 0 Å². The van der Waals surface area contributed by atoms with Crippen molar-refractivity contribution < 1.29 is 4.79 Å². The van der Waals surface area contributed by atoms with Crippen LogP contribution in [0.2, 0.25) is 0 Å². The van der Waals surface area contributed by atoms with Gasteiger partial charge in [0.25, 0.3) is 0 Å². The Kier molecular flexibility index (Phi) is 5.19. The fourth-order valence-corrected chi connectivity index (χ4v) is 2.23. The zero-order valence-corrected chi connectivity index (χ0v) is 10.6. The van der Waals surface area contributed by atoms with Crippen molar-refractivity contribution in [3.05, 3.63) is 23.8 Å². The molecule has 4 heteroatoms. The molecule has 0 aliphatic heterocycles. The van der Waals surface area contributed by atoms with Crippen LogP contribution in [0.15, 0.2) is 23.1 Å². The SMILES string of the molecule is CCNC(=O)CCSc1ccc(N)c(C)c1. The normalized spacial score (nSPS) is 10.1. The van der Waals surface area contributed by atoms with E-state index < -0.39 is 0 Å². The van der Waals surface area contributed by atoms with Crippen molar-refractivity contribution in [1.29, 1.82) is 0 Å². The molecule has 0 aliphatic rings. The summed E-state index contributed by atoms with van der Waals surface area (Å²) in [7, 11) is 0. The van der Waals surface area contributed by atoms with Crippen molar-refractivity contribution >= 4 is 23.4 Å². The second kappa shape index (κ2) is 6.43. The zero-order valence-electron chi connectivity index (χ0n) is 9.75. The van der Waals surface area contributed by atoms with Crippen molar-refractivity contribution in [2.45, 2.75) is 25.2 Å². The molecule has 0 saturated heterocycles. The van der Waals surface area contributed by atoms with E-state index in [1.54, 1.807) is 11.8 Å². The number of amides is 1. The van der Waals surface area contributed by atoms with Crippen LogP contribution >= 0.6 is 11.8 Å². The van der Waals surface area contributed by atoms with Crippen LogP contribution < -0.4 is 11.1 Å². The van der Waals surface area contributed by atoms with Gasteiger partial charge in [0, 0.05) is 29.3 Å². The Morgan fingerprint density at radius 3 is 2.88 bits per heavy atom. The molecule has 0 radical (unpaired) electrons. The predicted molar refractivity (Wildman–Crippen MR) is 69.6 cm³/mol. The first-order valence-corrected chi connectivity index (χ1v) is 6.37. The first kappa shape index (κ1) is 12.9. The number of carbonyl (C=O) groups is 1. The first-order chi connectivity index (χ1) is 7.63. The Morgan fingerprint density at radius 1 is 1.50 bits per heavy atom. The van der Waals surface area contributed by atoms with Crippen molar-refractivity contribution in [3.63, 3.8) is 0 Å². The van der Waals surface area contributed by atoms with Gasteiger partial charge in [0.1, 0.15) is 0 Å². The predicted octanol–water partition coefficient (Wildman–Crippen LogP) is 2.20. The third-order valence-corrected chi connectivity index (χ3v) is 3.21. The molecule has 0 spiro atoms. The topological polar surface area (TPSA) is 55.1 Å². The summed E-state index contributed by atoms with van der Waals surface area (Å²) < 4.78 is 0. The van der Waals surface area contributed by atoms with Crippen molar-refractivity contribution in [1.82, 2.24) is 5.32 Å². The molecule has 3 N–H and O–H groups in total. The maximum atomic E-state index is 11.2. The summed E-state index contributed by atoms with van der Waals surface area (Å²) in [6, 6.07) is 5.95. The Labute approximate surface area is 101 Å². The average molecular weight is 238 g/mol. The summed E-state index contributed by atoms with van der Waals surface area (Å²) in [4.78, 5) is 12.4. The van der Waals surface area contributed by atoms with Crippen LogP contribution in [0.1, 0.15) is 18.9 Å². The van der Waals surface area contributed by atoms with E-state index in [-0.39, 0.29) is 5.91 Å². The Bertz CT molecular complexity index is 366. The van der Waals surface area contributed by atoms with Crippen LogP contribution in [-0.4, -0.2) is 18.2 Å². The number of nitrogen functional groups attached to an aromatic ring is 1. The molecular weight excluding hydrogens is 220 g/mol. The lowest BCUT2D eigenvalue weighted by molar-refractivity contribution is -0.120. The minimum Gasteiger partial charge on any atom is -0.399 e. The van der Waals surface area contributed by atoms with E-state index in [1.807, 2.05) is 26.0 Å². The number of nitrogens with two attached hydrogens (primary N) is 1. The number of aryl methyl sites for hydroxylation is 1. The van der Waals surface area contributed by atoms with Crippen LogP contribution in [0.25, 0.3) is 0 Å². The first-order valence-electron chi connectivity index (χ1n) is 5.39. The number of anilines is 1. The molecule has 0 fully saturated rings. The molecule has 88 valence electrons. The number of hydrogen-bond donors (Lipinski definition) is 2. The van der Waals surface area contributed by atoms with Gasteiger partial charge in [-0.25, -0.2) is 0 Å². The minimum absolute atomic E-state index is 0.113. The lowest BCUT2D eigenvalue weighted by Crippen LogP contribution is -2.22. The highest BCUT2D eigenvalue weighted by atomic mass is 32.2. The van der Waals surface area contributed by atoms with Gasteiger partial charge < -0.3 is 11.1 Å². The molecule has 1 amide bonds. The monoisotopic (exact) mass is 238 g/mol. The molecule has 1 aromatic carbocycles. The summed E-state index contributed by atoms with van der Waals surface area (Å²) in [5.41, 5.74) is 7.63. The smallest absolute Gasteiger partial charge is 0.220 e. The average Bonchev–Trinajstić information content (AvgIpc) is 2.24. The standard InChI is InChI=1S/C12H18N2OS/c1-3-14-12(15)6-7-16-10-4-5-11(13)9(2)8-10/h4-5,8H,3,6-7,13H2,1-2H3,(H,14,15). The third kappa shape index (κ3) is 4.14. The van der Waals surface area contributed by atoms with Gasteiger partial charge in [-0.15, -0.1) is 11.8 Å².